The molecule has 1 amide bonds. The van der Waals surface area contributed by atoms with Crippen LogP contribution in [0.15, 0.2) is 36.4 Å². The Kier molecular flexibility index (Phi) is 5.28. The molecule has 6 nitrogen and oxygen atoms in total. The van der Waals surface area contributed by atoms with Crippen molar-refractivity contribution in [3.05, 3.63) is 47.8 Å². The molecule has 0 aliphatic heterocycles. The highest BCUT2D eigenvalue weighted by molar-refractivity contribution is 6.02. The Morgan fingerprint density at radius 1 is 1.04 bits per heavy atom. The van der Waals surface area contributed by atoms with E-state index in [4.69, 9.17) is 0 Å². The van der Waals surface area contributed by atoms with Crippen molar-refractivity contribution in [3.8, 4) is 0 Å². The molecule has 126 valence electrons. The van der Waals surface area contributed by atoms with Crippen LogP contribution in [0.1, 0.15) is 32.2 Å². The molecule has 0 saturated carbocycles. The quantitative estimate of drug-likeness (QED) is 0.576. The summed E-state index contributed by atoms with van der Waals surface area (Å²) < 4.78 is 0. The summed E-state index contributed by atoms with van der Waals surface area (Å²) in [6.07, 6.45) is 0. The van der Waals surface area contributed by atoms with Gasteiger partial charge in [0.1, 0.15) is 0 Å². The molecule has 2 rings (SSSR count). The minimum Gasteiger partial charge on any atom is -0.277 e. The number of hydrogen-bond donors (Lipinski definition) is 3. The molecule has 0 radical (unpaired) electrons. The van der Waals surface area contributed by atoms with Crippen LogP contribution in [0.5, 0.6) is 0 Å². The highest BCUT2D eigenvalue weighted by Gasteiger charge is 2.25. The van der Waals surface area contributed by atoms with Crippen LogP contribution in [0, 0.1) is 19.3 Å². The van der Waals surface area contributed by atoms with Crippen LogP contribution in [0.4, 0.5) is 11.6 Å². The van der Waals surface area contributed by atoms with Crippen LogP contribution in [0.3, 0.4) is 0 Å². The number of para-hydroxylation sites is 1. The van der Waals surface area contributed by atoms with Gasteiger partial charge in [-0.2, -0.15) is 0 Å². The second-order valence-electron chi connectivity index (χ2n) is 6.67. The van der Waals surface area contributed by atoms with E-state index in [0.717, 1.165) is 17.1 Å². The predicted octanol–water partition coefficient (Wildman–Crippen LogP) is 1.44. The van der Waals surface area contributed by atoms with Gasteiger partial charge in [-0.3, -0.25) is 10.1 Å². The predicted molar refractivity (Wildman–Crippen MR) is 94.8 cm³/mol. The van der Waals surface area contributed by atoms with E-state index >= 15 is 0 Å². The summed E-state index contributed by atoms with van der Waals surface area (Å²) >= 11 is 0. The molecule has 0 aliphatic rings. The van der Waals surface area contributed by atoms with Crippen LogP contribution in [0.2, 0.25) is 0 Å². The molecule has 0 atom stereocenters. The lowest BCUT2D eigenvalue weighted by atomic mass is 9.96. The van der Waals surface area contributed by atoms with Crippen molar-refractivity contribution in [1.82, 2.24) is 15.3 Å². The zero-order chi connectivity index (χ0) is 17.7. The number of rotatable bonds is 2. The number of benzene rings is 1. The fourth-order valence-corrected chi connectivity index (χ4v) is 1.95. The molecule has 1 aromatic heterocycles. The van der Waals surface area contributed by atoms with Crippen molar-refractivity contribution in [2.24, 2.45) is 5.41 Å². The molecular formula is C18H24N5O+. The number of carbonyl (C=O) groups is 1. The third kappa shape index (κ3) is 5.15. The fourth-order valence-electron chi connectivity index (χ4n) is 1.95. The van der Waals surface area contributed by atoms with Gasteiger partial charge < -0.3 is 0 Å². The fraction of sp³-hybridized carbons (Fsp3) is 0.333. The number of aromatic nitrogens is 2. The van der Waals surface area contributed by atoms with Crippen molar-refractivity contribution in [1.29, 1.82) is 0 Å². The SMILES string of the molecule is Cc1cc(C)nc(/[NH+]=C(/NC(=O)C(C)(C)C)Nc2ccccc2)n1. The molecule has 0 bridgehead atoms. The Balaban J connectivity index is 2.34. The highest BCUT2D eigenvalue weighted by Crippen LogP contribution is 2.12. The largest absolute Gasteiger partial charge is 0.354 e. The van der Waals surface area contributed by atoms with Crippen LogP contribution < -0.4 is 15.6 Å². The average Bonchev–Trinajstić information content (AvgIpc) is 2.46. The molecule has 24 heavy (non-hydrogen) atoms. The minimum atomic E-state index is -0.519. The summed E-state index contributed by atoms with van der Waals surface area (Å²) in [4.78, 5) is 24.1. The lowest BCUT2D eigenvalue weighted by Gasteiger charge is -2.16. The standard InChI is InChI=1S/C18H23N5O/c1-12-11-13(2)20-16(19-12)23-17(22-15(24)18(3,4)5)21-14-9-7-6-8-10-14/h6-11H,1-5H3,(H2,19,20,21,22,23,24)/p+1. The van der Waals surface area contributed by atoms with E-state index in [9.17, 15) is 4.79 Å². The lowest BCUT2D eigenvalue weighted by Crippen LogP contribution is -2.74. The summed E-state index contributed by atoms with van der Waals surface area (Å²) in [7, 11) is 0. The van der Waals surface area contributed by atoms with E-state index < -0.39 is 5.41 Å². The molecule has 0 saturated heterocycles. The van der Waals surface area contributed by atoms with Gasteiger partial charge in [0.2, 0.25) is 0 Å². The number of carbonyl (C=O) groups excluding carboxylic acids is 1. The second kappa shape index (κ2) is 7.21. The van der Waals surface area contributed by atoms with Crippen molar-refractivity contribution in [3.63, 3.8) is 0 Å². The van der Waals surface area contributed by atoms with Gasteiger partial charge in [0.15, 0.2) is 0 Å². The molecule has 6 heteroatoms. The third-order valence-electron chi connectivity index (χ3n) is 3.18. The zero-order valence-electron chi connectivity index (χ0n) is 14.8. The van der Waals surface area contributed by atoms with Gasteiger partial charge in [-0.15, -0.1) is 9.97 Å². The van der Waals surface area contributed by atoms with E-state index in [1.165, 1.54) is 0 Å². The van der Waals surface area contributed by atoms with Crippen LogP contribution >= 0.6 is 0 Å². The molecule has 2 aromatic rings. The maximum Gasteiger partial charge on any atom is 0.354 e. The van der Waals surface area contributed by atoms with E-state index in [0.29, 0.717) is 11.9 Å². The summed E-state index contributed by atoms with van der Waals surface area (Å²) in [6, 6.07) is 11.5. The average molecular weight is 326 g/mol. The first-order chi connectivity index (χ1) is 11.2. The molecule has 0 spiro atoms. The summed E-state index contributed by atoms with van der Waals surface area (Å²) in [6.45, 7) is 9.37. The normalized spacial score (nSPS) is 12.0. The van der Waals surface area contributed by atoms with Crippen molar-refractivity contribution >= 4 is 23.5 Å². The molecule has 0 unspecified atom stereocenters. The molecular weight excluding hydrogens is 302 g/mol. The van der Waals surface area contributed by atoms with Gasteiger partial charge in [-0.05, 0) is 26.0 Å². The second-order valence-corrected chi connectivity index (χ2v) is 6.67. The first kappa shape index (κ1) is 17.6. The number of amides is 1. The van der Waals surface area contributed by atoms with Gasteiger partial charge in [-0.25, -0.2) is 10.3 Å². The number of aryl methyl sites for hydroxylation is 2. The van der Waals surface area contributed by atoms with Gasteiger partial charge in [0.05, 0.1) is 22.5 Å². The van der Waals surface area contributed by atoms with E-state index in [1.807, 2.05) is 71.0 Å². The maximum absolute atomic E-state index is 12.3. The van der Waals surface area contributed by atoms with Gasteiger partial charge in [0, 0.05) is 6.07 Å². The molecule has 3 N–H and O–H groups in total. The molecule has 1 heterocycles. The van der Waals surface area contributed by atoms with Crippen LogP contribution in [0.25, 0.3) is 0 Å². The summed E-state index contributed by atoms with van der Waals surface area (Å²) in [5.74, 6) is 0.740. The van der Waals surface area contributed by atoms with Crippen molar-refractivity contribution < 1.29 is 9.79 Å². The number of guanidine groups is 1. The monoisotopic (exact) mass is 326 g/mol. The van der Waals surface area contributed by atoms with Crippen LogP contribution in [-0.2, 0) is 4.79 Å². The van der Waals surface area contributed by atoms with E-state index in [-0.39, 0.29) is 5.91 Å². The zero-order valence-corrected chi connectivity index (χ0v) is 14.8. The number of anilines is 1. The van der Waals surface area contributed by atoms with Gasteiger partial charge in [0.25, 0.3) is 11.9 Å². The van der Waals surface area contributed by atoms with Gasteiger partial charge >= 0.3 is 5.95 Å². The lowest BCUT2D eigenvalue weighted by molar-refractivity contribution is -0.366. The van der Waals surface area contributed by atoms with Crippen LogP contribution in [-0.4, -0.2) is 21.8 Å². The Bertz CT molecular complexity index is 727. The highest BCUT2D eigenvalue weighted by atomic mass is 16.2. The smallest absolute Gasteiger partial charge is 0.277 e. The maximum atomic E-state index is 12.3. The van der Waals surface area contributed by atoms with Crippen molar-refractivity contribution in [2.75, 3.05) is 5.32 Å². The van der Waals surface area contributed by atoms with E-state index in [1.54, 1.807) is 0 Å². The summed E-state index contributed by atoms with van der Waals surface area (Å²) in [5, 5.41) is 6.03. The first-order valence-corrected chi connectivity index (χ1v) is 7.84. The number of nitrogens with one attached hydrogen (secondary N) is 3. The van der Waals surface area contributed by atoms with Crippen molar-refractivity contribution in [2.45, 2.75) is 34.6 Å². The third-order valence-corrected chi connectivity index (χ3v) is 3.18. The Morgan fingerprint density at radius 2 is 1.62 bits per heavy atom. The number of hydrogen-bond acceptors (Lipinski definition) is 3. The molecule has 1 aromatic carbocycles. The topological polar surface area (TPSA) is 80.9 Å². The minimum absolute atomic E-state index is 0.113. The molecule has 0 aliphatic carbocycles. The first-order valence-electron chi connectivity index (χ1n) is 7.84. The van der Waals surface area contributed by atoms with E-state index in [2.05, 4.69) is 25.6 Å². The Labute approximate surface area is 142 Å². The molecule has 0 fully saturated rings. The number of nitrogens with zero attached hydrogens (tertiary/aromatic N) is 2. The summed E-state index contributed by atoms with van der Waals surface area (Å²) in [5.41, 5.74) is 2.03. The Hall–Kier alpha value is -2.76. The van der Waals surface area contributed by atoms with Gasteiger partial charge in [-0.1, -0.05) is 39.0 Å². The Morgan fingerprint density at radius 3 is 2.17 bits per heavy atom.